The number of aliphatic imine (C=N–C) groups is 1. The largest absolute Gasteiger partial charge is 0.497 e. The molecule has 1 unspecified atom stereocenters. The van der Waals surface area contributed by atoms with Crippen LogP contribution >= 0.6 is 15.9 Å². The molecule has 1 heterocycles. The monoisotopic (exact) mass is 416 g/mol. The highest BCUT2D eigenvalue weighted by molar-refractivity contribution is 9.12. The van der Waals surface area contributed by atoms with E-state index in [0.29, 0.717) is 6.54 Å². The molecule has 1 aromatic rings. The smallest absolute Gasteiger partial charge is 0.175 e. The van der Waals surface area contributed by atoms with Gasteiger partial charge in [-0.2, -0.15) is 0 Å². The summed E-state index contributed by atoms with van der Waals surface area (Å²) in [6.07, 6.45) is 6.31. The summed E-state index contributed by atoms with van der Waals surface area (Å²) in [4.78, 5) is 4.45. The fourth-order valence-corrected chi connectivity index (χ4v) is 3.06. The lowest BCUT2D eigenvalue weighted by Gasteiger charge is -2.24. The molecule has 1 aliphatic carbocycles. The van der Waals surface area contributed by atoms with Gasteiger partial charge < -0.3 is 15.4 Å². The molecule has 5 nitrogen and oxygen atoms in total. The third kappa shape index (κ3) is 5.22. The van der Waals surface area contributed by atoms with Gasteiger partial charge in [-0.3, -0.25) is 10.3 Å². The van der Waals surface area contributed by atoms with Crippen molar-refractivity contribution in [3.8, 4) is 5.75 Å². The van der Waals surface area contributed by atoms with E-state index in [9.17, 15) is 0 Å². The van der Waals surface area contributed by atoms with E-state index >= 15 is 0 Å². The quantitative estimate of drug-likeness (QED) is 0.564. The number of hydrogen-bond donors (Lipinski definition) is 3. The summed E-state index contributed by atoms with van der Waals surface area (Å²) in [5.41, 5.74) is 3.43. The SMILES string of the molecule is C=C(/C=C(\C)C1CC1)NC1=C(Br)C=NC(NCc2ccc(OC)cc2)N1. The van der Waals surface area contributed by atoms with Crippen molar-refractivity contribution in [2.45, 2.75) is 32.6 Å². The van der Waals surface area contributed by atoms with E-state index in [1.807, 2.05) is 24.3 Å². The molecule has 1 saturated carbocycles. The van der Waals surface area contributed by atoms with E-state index in [1.54, 1.807) is 13.3 Å². The predicted octanol–water partition coefficient (Wildman–Crippen LogP) is 3.77. The Balaban J connectivity index is 1.53. The van der Waals surface area contributed by atoms with Gasteiger partial charge in [0.2, 0.25) is 0 Å². The molecule has 0 spiro atoms. The van der Waals surface area contributed by atoms with Gasteiger partial charge in [-0.1, -0.05) is 24.3 Å². The first-order chi connectivity index (χ1) is 12.5. The molecular formula is C20H25BrN4O. The second kappa shape index (κ2) is 8.56. The van der Waals surface area contributed by atoms with Crippen molar-refractivity contribution >= 4 is 22.1 Å². The zero-order valence-corrected chi connectivity index (χ0v) is 16.8. The first-order valence-corrected chi connectivity index (χ1v) is 9.54. The zero-order chi connectivity index (χ0) is 18.5. The van der Waals surface area contributed by atoms with Crippen LogP contribution in [0, 0.1) is 5.92 Å². The van der Waals surface area contributed by atoms with Crippen LogP contribution in [0.4, 0.5) is 0 Å². The zero-order valence-electron chi connectivity index (χ0n) is 15.2. The fourth-order valence-electron chi connectivity index (χ4n) is 2.73. The van der Waals surface area contributed by atoms with Gasteiger partial charge in [0.15, 0.2) is 6.29 Å². The number of ether oxygens (including phenoxy) is 1. The van der Waals surface area contributed by atoms with E-state index in [0.717, 1.165) is 27.7 Å². The van der Waals surface area contributed by atoms with Gasteiger partial charge in [0.1, 0.15) is 11.6 Å². The predicted molar refractivity (Wildman–Crippen MR) is 110 cm³/mol. The highest BCUT2D eigenvalue weighted by atomic mass is 79.9. The molecule has 0 bridgehead atoms. The minimum Gasteiger partial charge on any atom is -0.497 e. The van der Waals surface area contributed by atoms with Crippen LogP contribution < -0.4 is 20.7 Å². The topological polar surface area (TPSA) is 57.7 Å². The minimum absolute atomic E-state index is 0.206. The molecule has 6 heteroatoms. The molecule has 0 aromatic heterocycles. The van der Waals surface area contributed by atoms with Crippen molar-refractivity contribution in [2.24, 2.45) is 10.9 Å². The molecule has 1 aliphatic heterocycles. The second-order valence-corrected chi connectivity index (χ2v) is 7.44. The number of nitrogens with one attached hydrogen (secondary N) is 3. The molecular weight excluding hydrogens is 392 g/mol. The van der Waals surface area contributed by atoms with Gasteiger partial charge in [0, 0.05) is 18.5 Å². The maximum atomic E-state index is 5.18. The summed E-state index contributed by atoms with van der Waals surface area (Å²) >= 11 is 3.53. The molecule has 1 aromatic carbocycles. The molecule has 3 rings (SSSR count). The summed E-state index contributed by atoms with van der Waals surface area (Å²) < 4.78 is 6.06. The van der Waals surface area contributed by atoms with Crippen LogP contribution in [0.2, 0.25) is 0 Å². The van der Waals surface area contributed by atoms with E-state index < -0.39 is 0 Å². The van der Waals surface area contributed by atoms with Crippen LogP contribution in [0.1, 0.15) is 25.3 Å². The third-order valence-electron chi connectivity index (χ3n) is 4.42. The van der Waals surface area contributed by atoms with Crippen molar-refractivity contribution in [2.75, 3.05) is 7.11 Å². The Bertz CT molecular complexity index is 748. The molecule has 1 atom stereocenters. The van der Waals surface area contributed by atoms with E-state index in [-0.39, 0.29) is 6.29 Å². The van der Waals surface area contributed by atoms with Gasteiger partial charge in [-0.05, 0) is 65.4 Å². The van der Waals surface area contributed by atoms with Gasteiger partial charge in [0.25, 0.3) is 0 Å². The lowest BCUT2D eigenvalue weighted by molar-refractivity contribution is 0.414. The Morgan fingerprint density at radius 2 is 2.12 bits per heavy atom. The van der Waals surface area contributed by atoms with Crippen molar-refractivity contribution in [3.05, 3.63) is 64.1 Å². The Morgan fingerprint density at radius 3 is 2.77 bits per heavy atom. The third-order valence-corrected chi connectivity index (χ3v) is 5.03. The fraction of sp³-hybridized carbons (Fsp3) is 0.350. The Morgan fingerprint density at radius 1 is 1.38 bits per heavy atom. The molecule has 26 heavy (non-hydrogen) atoms. The van der Waals surface area contributed by atoms with E-state index in [1.165, 1.54) is 24.0 Å². The Hall–Kier alpha value is -2.05. The van der Waals surface area contributed by atoms with Gasteiger partial charge in [-0.15, -0.1) is 0 Å². The van der Waals surface area contributed by atoms with Crippen molar-refractivity contribution < 1.29 is 4.74 Å². The molecule has 0 amide bonds. The van der Waals surface area contributed by atoms with Gasteiger partial charge in [0.05, 0.1) is 11.6 Å². The Labute approximate surface area is 163 Å². The number of methoxy groups -OCH3 is 1. The summed E-state index contributed by atoms with van der Waals surface area (Å²) in [7, 11) is 1.67. The standard InChI is InChI=1S/C20H25BrN4O/c1-13(16-6-7-16)10-14(2)24-19-18(21)12-23-20(25-19)22-11-15-4-8-17(26-3)9-5-15/h4-5,8-10,12,16,20,22,24-25H,2,6-7,11H2,1,3H3/b13-10+. The molecule has 0 saturated heterocycles. The average molecular weight is 417 g/mol. The number of halogens is 1. The van der Waals surface area contributed by atoms with Crippen LogP contribution in [-0.4, -0.2) is 19.6 Å². The molecule has 138 valence electrons. The highest BCUT2D eigenvalue weighted by Crippen LogP contribution is 2.36. The van der Waals surface area contributed by atoms with Gasteiger partial charge >= 0.3 is 0 Å². The lowest BCUT2D eigenvalue weighted by Crippen LogP contribution is -2.45. The summed E-state index contributed by atoms with van der Waals surface area (Å²) in [5, 5.41) is 10.0. The first-order valence-electron chi connectivity index (χ1n) is 8.75. The number of nitrogens with zero attached hydrogens (tertiary/aromatic N) is 1. The van der Waals surface area contributed by atoms with Crippen molar-refractivity contribution in [3.63, 3.8) is 0 Å². The highest BCUT2D eigenvalue weighted by Gasteiger charge is 2.23. The second-order valence-electron chi connectivity index (χ2n) is 6.59. The number of hydrogen-bond acceptors (Lipinski definition) is 5. The molecule has 2 aliphatic rings. The van der Waals surface area contributed by atoms with Crippen LogP contribution in [0.15, 0.2) is 63.5 Å². The molecule has 0 radical (unpaired) electrons. The lowest BCUT2D eigenvalue weighted by atomic mass is 10.1. The summed E-state index contributed by atoms with van der Waals surface area (Å²) in [6.45, 7) is 6.98. The van der Waals surface area contributed by atoms with Crippen LogP contribution in [0.3, 0.4) is 0 Å². The Kier molecular flexibility index (Phi) is 6.16. The first kappa shape index (κ1) is 18.7. The van der Waals surface area contributed by atoms with Crippen LogP contribution in [-0.2, 0) is 6.54 Å². The van der Waals surface area contributed by atoms with Crippen molar-refractivity contribution in [1.29, 1.82) is 0 Å². The average Bonchev–Trinajstić information content (AvgIpc) is 3.48. The summed E-state index contributed by atoms with van der Waals surface area (Å²) in [6, 6.07) is 7.99. The normalized spacial score (nSPS) is 20.0. The van der Waals surface area contributed by atoms with E-state index in [4.69, 9.17) is 4.74 Å². The van der Waals surface area contributed by atoms with Crippen LogP contribution in [0.25, 0.3) is 0 Å². The number of rotatable bonds is 8. The van der Waals surface area contributed by atoms with Crippen molar-refractivity contribution in [1.82, 2.24) is 16.0 Å². The van der Waals surface area contributed by atoms with Gasteiger partial charge in [-0.25, -0.2) is 0 Å². The number of benzene rings is 1. The maximum absolute atomic E-state index is 5.18. The molecule has 3 N–H and O–H groups in total. The maximum Gasteiger partial charge on any atom is 0.175 e. The minimum atomic E-state index is -0.206. The summed E-state index contributed by atoms with van der Waals surface area (Å²) in [5.74, 6) is 2.46. The van der Waals surface area contributed by atoms with E-state index in [2.05, 4.69) is 56.5 Å². The van der Waals surface area contributed by atoms with Crippen LogP contribution in [0.5, 0.6) is 5.75 Å². The molecule has 1 fully saturated rings. The number of allylic oxidation sites excluding steroid dienone is 3.